The Hall–Kier alpha value is -4.87. The van der Waals surface area contributed by atoms with Crippen LogP contribution in [0, 0.1) is 0 Å². The molecule has 3 nitrogen and oxygen atoms in total. The van der Waals surface area contributed by atoms with E-state index in [0.29, 0.717) is 0 Å². The molecule has 0 saturated heterocycles. The Balaban J connectivity index is 1.44. The minimum absolute atomic E-state index is 0.740. The largest absolute Gasteiger partial charge is 0.494 e. The van der Waals surface area contributed by atoms with E-state index < -0.39 is 8.07 Å². The first-order valence-electron chi connectivity index (χ1n) is 15.8. The Labute approximate surface area is 269 Å². The van der Waals surface area contributed by atoms with Crippen molar-refractivity contribution in [1.29, 1.82) is 0 Å². The van der Waals surface area contributed by atoms with Gasteiger partial charge in [0.15, 0.2) is 8.07 Å². The number of hydrogen-bond donors (Lipinski definition) is 0. The molecule has 1 aromatic heterocycles. The molecular weight excluding hydrogens is 563 g/mol. The Morgan fingerprint density at radius 1 is 0.711 bits per heavy atom. The molecule has 0 saturated carbocycles. The third-order valence-corrected chi connectivity index (χ3v) is 13.1. The average molecular weight is 602 g/mol. The zero-order valence-corrected chi connectivity index (χ0v) is 26.8. The number of rotatable bonds is 13. The summed E-state index contributed by atoms with van der Waals surface area (Å²) in [7, 11) is -0.373. The smallest absolute Gasteiger partial charge is 0.241 e. The molecule has 0 atom stereocenters. The summed E-state index contributed by atoms with van der Waals surface area (Å²) >= 11 is 0. The summed E-state index contributed by atoms with van der Waals surface area (Å²) < 4.78 is 8.42. The maximum Gasteiger partial charge on any atom is 0.241 e. The van der Waals surface area contributed by atoms with Gasteiger partial charge in [-0.1, -0.05) is 158 Å². The highest BCUT2D eigenvalue weighted by molar-refractivity contribution is 7.10. The number of unbranched alkanes of at least 4 members (excludes halogenated alkanes) is 1. The van der Waals surface area contributed by atoms with E-state index in [2.05, 4.69) is 177 Å². The summed E-state index contributed by atoms with van der Waals surface area (Å²) in [5.41, 5.74) is 4.37. The summed E-state index contributed by atoms with van der Waals surface area (Å²) in [6.45, 7) is 2.93. The van der Waals surface area contributed by atoms with Gasteiger partial charge in [0.25, 0.3) is 0 Å². The second-order valence-corrected chi connectivity index (χ2v) is 15.2. The van der Waals surface area contributed by atoms with Crippen molar-refractivity contribution >= 4 is 48.2 Å². The van der Waals surface area contributed by atoms with Gasteiger partial charge >= 0.3 is 0 Å². The van der Waals surface area contributed by atoms with Crippen molar-refractivity contribution in [2.45, 2.75) is 25.9 Å². The van der Waals surface area contributed by atoms with Crippen LogP contribution in [-0.4, -0.2) is 31.5 Å². The van der Waals surface area contributed by atoms with E-state index in [-0.39, 0.29) is 0 Å². The van der Waals surface area contributed by atoms with Crippen LogP contribution in [0.4, 0.5) is 0 Å². The van der Waals surface area contributed by atoms with Crippen molar-refractivity contribution in [3.8, 4) is 5.75 Å². The second-order valence-electron chi connectivity index (χ2n) is 11.3. The Kier molecular flexibility index (Phi) is 9.88. The molecule has 0 aliphatic rings. The molecule has 5 aromatic carbocycles. The van der Waals surface area contributed by atoms with E-state index in [1.54, 1.807) is 0 Å². The van der Waals surface area contributed by atoms with E-state index in [4.69, 9.17) is 9.72 Å². The van der Waals surface area contributed by atoms with Crippen LogP contribution in [0.1, 0.15) is 30.9 Å². The maximum absolute atomic E-state index is 6.07. The highest BCUT2D eigenvalue weighted by Gasteiger charge is 2.40. The first kappa shape index (κ1) is 30.2. The van der Waals surface area contributed by atoms with Crippen LogP contribution >= 0.6 is 0 Å². The van der Waals surface area contributed by atoms with Crippen LogP contribution in [0.15, 0.2) is 158 Å². The summed E-state index contributed by atoms with van der Waals surface area (Å²) in [4.78, 5) is 4.91. The first-order valence-corrected chi connectivity index (χ1v) is 18.0. The molecule has 0 N–H and O–H groups in total. The quantitative estimate of drug-likeness (QED) is 0.0673. The lowest BCUT2D eigenvalue weighted by atomic mass is 9.65. The predicted molar refractivity (Wildman–Crippen MR) is 193 cm³/mol. The fourth-order valence-corrected chi connectivity index (χ4v) is 10.5. The fraction of sp³-hybridized carbons (Fsp3) is 0.125. The van der Waals surface area contributed by atoms with Crippen LogP contribution in [0.3, 0.4) is 0 Å². The summed E-state index contributed by atoms with van der Waals surface area (Å²) in [6, 6.07) is 52.0. The molecule has 0 amide bonds. The van der Waals surface area contributed by atoms with Crippen molar-refractivity contribution in [3.63, 3.8) is 0 Å². The molecule has 1 radical (unpaired) electrons. The standard InChI is InChI=1S/C40H38BN2OSi/c1-2-3-30-44-35-24-26-38(27-25-35)45(36-20-12-6-13-21-36,37-22-14-7-15-23-37)32-43-29-28-42-40(43)41-39(34-18-10-5-11-19-34)31-33-16-8-4-9-17-33/h4-29,31H,2-3,30,32H2,1H3. The summed E-state index contributed by atoms with van der Waals surface area (Å²) in [5.74, 6) is 0.923. The Morgan fingerprint density at radius 2 is 1.27 bits per heavy atom. The molecular formula is C40H38BN2OSi. The molecule has 5 heteroatoms. The van der Waals surface area contributed by atoms with Gasteiger partial charge in [-0.25, -0.2) is 0 Å². The topological polar surface area (TPSA) is 27.1 Å². The van der Waals surface area contributed by atoms with Crippen LogP contribution < -0.4 is 26.0 Å². The zero-order chi connectivity index (χ0) is 30.7. The molecule has 1 heterocycles. The minimum atomic E-state index is -2.60. The molecule has 6 aromatic rings. The number of benzene rings is 5. The van der Waals surface area contributed by atoms with Crippen LogP contribution in [0.5, 0.6) is 5.75 Å². The third-order valence-electron chi connectivity index (χ3n) is 8.32. The predicted octanol–water partition coefficient (Wildman–Crippen LogP) is 6.30. The number of imidazole rings is 1. The number of nitrogens with zero attached hydrogens (tertiary/aromatic N) is 2. The molecule has 6 rings (SSSR count). The van der Waals surface area contributed by atoms with E-state index in [0.717, 1.165) is 53.7 Å². The van der Waals surface area contributed by atoms with Gasteiger partial charge in [0.05, 0.1) is 12.3 Å². The normalized spacial score (nSPS) is 11.7. The van der Waals surface area contributed by atoms with Crippen molar-refractivity contribution in [1.82, 2.24) is 9.55 Å². The molecule has 0 unspecified atom stereocenters. The molecule has 0 aliphatic carbocycles. The van der Waals surface area contributed by atoms with Gasteiger partial charge in [0, 0.05) is 18.6 Å². The Bertz CT molecular complexity index is 1750. The van der Waals surface area contributed by atoms with Gasteiger partial charge in [-0.05, 0) is 45.2 Å². The summed E-state index contributed by atoms with van der Waals surface area (Å²) in [5, 5.41) is 4.06. The molecule has 221 valence electrons. The van der Waals surface area contributed by atoms with Crippen molar-refractivity contribution in [3.05, 3.63) is 169 Å². The fourth-order valence-electron chi connectivity index (χ4n) is 5.95. The number of hydrogen-bond acceptors (Lipinski definition) is 2. The molecule has 0 fully saturated rings. The maximum atomic E-state index is 6.07. The first-order chi connectivity index (χ1) is 22.3. The number of aromatic nitrogens is 2. The molecule has 0 aliphatic heterocycles. The minimum Gasteiger partial charge on any atom is -0.494 e. The van der Waals surface area contributed by atoms with Gasteiger partial charge in [-0.2, -0.15) is 0 Å². The van der Waals surface area contributed by atoms with E-state index in [9.17, 15) is 0 Å². The van der Waals surface area contributed by atoms with E-state index in [1.807, 2.05) is 6.20 Å². The second kappa shape index (κ2) is 14.7. The molecule has 45 heavy (non-hydrogen) atoms. The van der Waals surface area contributed by atoms with Crippen LogP contribution in [0.25, 0.3) is 11.5 Å². The van der Waals surface area contributed by atoms with Crippen molar-refractivity contribution < 1.29 is 4.74 Å². The average Bonchev–Trinajstić information content (AvgIpc) is 3.55. The molecule has 0 bridgehead atoms. The third kappa shape index (κ3) is 7.11. The van der Waals surface area contributed by atoms with Gasteiger partial charge < -0.3 is 9.30 Å². The van der Waals surface area contributed by atoms with E-state index in [1.165, 1.54) is 15.6 Å². The van der Waals surface area contributed by atoms with Crippen LogP contribution in [0.2, 0.25) is 0 Å². The van der Waals surface area contributed by atoms with Gasteiger partial charge in [0.1, 0.15) is 5.75 Å². The zero-order valence-electron chi connectivity index (χ0n) is 25.8. The van der Waals surface area contributed by atoms with Crippen molar-refractivity contribution in [2.75, 3.05) is 6.61 Å². The van der Waals surface area contributed by atoms with Gasteiger partial charge in [-0.15, -0.1) is 0 Å². The van der Waals surface area contributed by atoms with Gasteiger partial charge in [-0.3, -0.25) is 4.98 Å². The summed E-state index contributed by atoms with van der Waals surface area (Å²) in [6.07, 6.45) is 9.27. The van der Waals surface area contributed by atoms with Crippen molar-refractivity contribution in [2.24, 2.45) is 0 Å². The van der Waals surface area contributed by atoms with E-state index >= 15 is 0 Å². The Morgan fingerprint density at radius 3 is 1.87 bits per heavy atom. The highest BCUT2D eigenvalue weighted by Crippen LogP contribution is 2.19. The van der Waals surface area contributed by atoms with Gasteiger partial charge in [0.2, 0.25) is 7.28 Å². The monoisotopic (exact) mass is 601 g/mol. The lowest BCUT2D eigenvalue weighted by Gasteiger charge is -2.34. The lowest BCUT2D eigenvalue weighted by Crippen LogP contribution is -2.70. The SMILES string of the molecule is CCCCOc1ccc([Si](Cn2ccnc2[B]C(=Cc2ccccc2)c2ccccc2)(c2ccccc2)c2ccccc2)cc1. The number of ether oxygens (including phenoxy) is 1. The lowest BCUT2D eigenvalue weighted by molar-refractivity contribution is 0.309. The van der Waals surface area contributed by atoms with Crippen LogP contribution in [-0.2, 0) is 6.17 Å². The molecule has 0 spiro atoms. The highest BCUT2D eigenvalue weighted by atomic mass is 28.3.